The molecule has 0 fully saturated rings. The molecule has 12 heteroatoms. The molecule has 1 aromatic heterocycles. The molecular formula is C28H29ClN6O5. The summed E-state index contributed by atoms with van der Waals surface area (Å²) < 4.78 is 5.14. The second kappa shape index (κ2) is 15.0. The Labute approximate surface area is 237 Å². The van der Waals surface area contributed by atoms with Crippen molar-refractivity contribution in [3.05, 3.63) is 108 Å². The van der Waals surface area contributed by atoms with Crippen molar-refractivity contribution < 1.29 is 24.2 Å². The maximum absolute atomic E-state index is 12.9. The van der Waals surface area contributed by atoms with Crippen molar-refractivity contribution in [1.82, 2.24) is 25.5 Å². The van der Waals surface area contributed by atoms with E-state index in [-0.39, 0.29) is 25.6 Å². The molecule has 3 aromatic carbocycles. The van der Waals surface area contributed by atoms with Crippen LogP contribution in [0.4, 0.5) is 10.7 Å². The van der Waals surface area contributed by atoms with Gasteiger partial charge in [-0.15, -0.1) is 17.5 Å². The first-order valence-corrected chi connectivity index (χ1v) is 12.3. The van der Waals surface area contributed by atoms with E-state index in [0.717, 1.165) is 21.5 Å². The highest BCUT2D eigenvalue weighted by atomic mass is 35.5. The Balaban J connectivity index is 0.00000441. The number of ether oxygens (including phenoxy) is 1. The number of hydrogen-bond acceptors (Lipinski definition) is 8. The van der Waals surface area contributed by atoms with E-state index in [9.17, 15) is 19.5 Å². The van der Waals surface area contributed by atoms with E-state index >= 15 is 0 Å². The molecule has 1 amide bonds. The van der Waals surface area contributed by atoms with Crippen LogP contribution in [0.2, 0.25) is 0 Å². The molecule has 0 saturated carbocycles. The minimum absolute atomic E-state index is 0. The molecule has 2 N–H and O–H groups in total. The number of aromatic nitrogens is 4. The van der Waals surface area contributed by atoms with Crippen molar-refractivity contribution >= 4 is 36.2 Å². The third-order valence-electron chi connectivity index (χ3n) is 5.73. The van der Waals surface area contributed by atoms with E-state index in [1.165, 1.54) is 0 Å². The molecule has 0 saturated heterocycles. The summed E-state index contributed by atoms with van der Waals surface area (Å²) in [5.41, 5.74) is 2.84. The number of aliphatic carboxylic acids is 1. The molecular weight excluding hydrogens is 536 g/mol. The molecule has 1 heterocycles. The molecule has 1 atom stereocenters. The van der Waals surface area contributed by atoms with E-state index in [1.54, 1.807) is 24.3 Å². The second-order valence-electron chi connectivity index (χ2n) is 8.77. The zero-order chi connectivity index (χ0) is 27.5. The van der Waals surface area contributed by atoms with Gasteiger partial charge in [-0.25, -0.2) is 4.79 Å². The number of hydrogen-bond donors (Lipinski definition) is 2. The monoisotopic (exact) mass is 564 g/mol. The summed E-state index contributed by atoms with van der Waals surface area (Å²) in [7, 11) is 0. The van der Waals surface area contributed by atoms with Crippen LogP contribution in [0.5, 0.6) is 0 Å². The highest BCUT2D eigenvalue weighted by Gasteiger charge is 2.26. The minimum Gasteiger partial charge on any atom is -0.481 e. The number of carboxylic acids is 1. The number of benzene rings is 3. The van der Waals surface area contributed by atoms with E-state index < -0.39 is 30.3 Å². The predicted molar refractivity (Wildman–Crippen MR) is 149 cm³/mol. The molecule has 40 heavy (non-hydrogen) atoms. The number of rotatable bonds is 13. The molecule has 4 aromatic rings. The number of tetrazole rings is 1. The number of ketones is 1. The lowest BCUT2D eigenvalue weighted by Gasteiger charge is -2.21. The lowest BCUT2D eigenvalue weighted by atomic mass is 10.1. The van der Waals surface area contributed by atoms with Crippen LogP contribution in [0.3, 0.4) is 0 Å². The van der Waals surface area contributed by atoms with Crippen LogP contribution in [0.25, 0.3) is 0 Å². The number of carboxylic acid groups (broad SMARTS) is 1. The lowest BCUT2D eigenvalue weighted by Crippen LogP contribution is -2.44. The Bertz CT molecular complexity index is 1330. The number of carbonyl (C=O) groups is 3. The first-order valence-electron chi connectivity index (χ1n) is 12.3. The van der Waals surface area contributed by atoms with Gasteiger partial charge in [0.1, 0.15) is 19.2 Å². The summed E-state index contributed by atoms with van der Waals surface area (Å²) in [6, 6.07) is 27.3. The number of Topliss-reactive ketones (excluding diaryl/α,β-unsaturated/α-hetero) is 1. The highest BCUT2D eigenvalue weighted by molar-refractivity contribution is 5.90. The average molecular weight is 565 g/mol. The topological polar surface area (TPSA) is 140 Å². The van der Waals surface area contributed by atoms with Crippen molar-refractivity contribution in [1.29, 1.82) is 0 Å². The Hall–Kier alpha value is -4.77. The maximum Gasteiger partial charge on any atom is 0.408 e. The first-order chi connectivity index (χ1) is 19.0. The van der Waals surface area contributed by atoms with Crippen molar-refractivity contribution in [2.24, 2.45) is 0 Å². The van der Waals surface area contributed by atoms with E-state index in [0.29, 0.717) is 19.0 Å². The van der Waals surface area contributed by atoms with Gasteiger partial charge in [0.2, 0.25) is 0 Å². The summed E-state index contributed by atoms with van der Waals surface area (Å²) >= 11 is 0. The predicted octanol–water partition coefficient (Wildman–Crippen LogP) is 3.64. The van der Waals surface area contributed by atoms with Crippen LogP contribution in [0.1, 0.15) is 23.1 Å². The Morgan fingerprint density at radius 3 is 1.90 bits per heavy atom. The molecule has 0 spiro atoms. The van der Waals surface area contributed by atoms with Crippen molar-refractivity contribution in [3.8, 4) is 0 Å². The summed E-state index contributed by atoms with van der Waals surface area (Å²) in [5.74, 6) is -1.54. The van der Waals surface area contributed by atoms with E-state index in [1.807, 2.05) is 71.6 Å². The summed E-state index contributed by atoms with van der Waals surface area (Å²) in [5, 5.41) is 24.1. The maximum atomic E-state index is 12.9. The van der Waals surface area contributed by atoms with Gasteiger partial charge in [-0.2, -0.15) is 4.80 Å². The van der Waals surface area contributed by atoms with Gasteiger partial charge in [-0.05, 0) is 21.9 Å². The quantitative estimate of drug-likeness (QED) is 0.249. The molecule has 11 nitrogen and oxygen atoms in total. The van der Waals surface area contributed by atoms with Crippen LogP contribution in [-0.4, -0.2) is 49.2 Å². The summed E-state index contributed by atoms with van der Waals surface area (Å²) in [4.78, 5) is 39.6. The van der Waals surface area contributed by atoms with Crippen LogP contribution >= 0.6 is 12.4 Å². The number of alkyl carbamates (subject to hydrolysis) is 1. The van der Waals surface area contributed by atoms with Gasteiger partial charge in [0.05, 0.1) is 6.42 Å². The average Bonchev–Trinajstić information content (AvgIpc) is 3.41. The van der Waals surface area contributed by atoms with Gasteiger partial charge in [0.25, 0.3) is 5.95 Å². The molecule has 208 valence electrons. The van der Waals surface area contributed by atoms with Crippen LogP contribution in [0.15, 0.2) is 91.0 Å². The Morgan fingerprint density at radius 2 is 1.38 bits per heavy atom. The first kappa shape index (κ1) is 29.8. The third-order valence-corrected chi connectivity index (χ3v) is 5.73. The van der Waals surface area contributed by atoms with Gasteiger partial charge in [0.15, 0.2) is 5.78 Å². The fourth-order valence-electron chi connectivity index (χ4n) is 3.81. The number of anilines is 1. The molecule has 0 aliphatic carbocycles. The van der Waals surface area contributed by atoms with Gasteiger partial charge in [-0.1, -0.05) is 96.1 Å². The van der Waals surface area contributed by atoms with Crippen molar-refractivity contribution in [2.75, 3.05) is 4.90 Å². The molecule has 4 rings (SSSR count). The molecule has 1 unspecified atom stereocenters. The summed E-state index contributed by atoms with van der Waals surface area (Å²) in [6.07, 6.45) is -1.52. The molecule has 0 bridgehead atoms. The highest BCUT2D eigenvalue weighted by Crippen LogP contribution is 2.15. The lowest BCUT2D eigenvalue weighted by molar-refractivity contribution is -0.139. The van der Waals surface area contributed by atoms with Crippen molar-refractivity contribution in [2.45, 2.75) is 38.7 Å². The smallest absolute Gasteiger partial charge is 0.408 e. The molecule has 0 aliphatic heterocycles. The van der Waals surface area contributed by atoms with Crippen LogP contribution < -0.4 is 10.2 Å². The fraction of sp³-hybridized carbons (Fsp3) is 0.214. The van der Waals surface area contributed by atoms with Crippen LogP contribution in [0, 0.1) is 0 Å². The number of carbonyl (C=O) groups excluding carboxylic acids is 2. The largest absolute Gasteiger partial charge is 0.481 e. The number of halogens is 1. The SMILES string of the molecule is Cl.O=C(O)CC(NC(=O)OCc1ccccc1)C(=O)Cn1nnc(N(Cc2ccccc2)Cc2ccccc2)n1. The zero-order valence-corrected chi connectivity index (χ0v) is 22.3. The standard InChI is InChI=1S/C28H28N6O5.ClH/c35-25(24(16-26(36)37)29-28(38)39-20-23-14-8-3-9-15-23)19-34-31-27(30-32-34)33(17-21-10-4-1-5-11-21)18-22-12-6-2-7-13-22;/h1-15,24H,16-20H2,(H,29,38)(H,36,37);1H. The van der Waals surface area contributed by atoms with Gasteiger partial charge >= 0.3 is 12.1 Å². The zero-order valence-electron chi connectivity index (χ0n) is 21.5. The third kappa shape index (κ3) is 9.21. The Morgan fingerprint density at radius 1 is 0.850 bits per heavy atom. The van der Waals surface area contributed by atoms with Gasteiger partial charge < -0.3 is 20.1 Å². The number of amides is 1. The summed E-state index contributed by atoms with van der Waals surface area (Å²) in [6.45, 7) is 0.610. The van der Waals surface area contributed by atoms with Gasteiger partial charge in [-0.3, -0.25) is 9.59 Å². The van der Waals surface area contributed by atoms with Gasteiger partial charge in [0, 0.05) is 13.1 Å². The number of nitrogens with one attached hydrogen (secondary N) is 1. The van der Waals surface area contributed by atoms with Crippen molar-refractivity contribution in [3.63, 3.8) is 0 Å². The minimum atomic E-state index is -1.33. The Kier molecular flexibility index (Phi) is 11.2. The normalized spacial score (nSPS) is 11.1. The molecule has 0 radical (unpaired) electrons. The number of nitrogens with zero attached hydrogens (tertiary/aromatic N) is 5. The van der Waals surface area contributed by atoms with E-state index in [2.05, 4.69) is 20.7 Å². The van der Waals surface area contributed by atoms with E-state index in [4.69, 9.17) is 4.74 Å². The second-order valence-corrected chi connectivity index (χ2v) is 8.77. The molecule has 0 aliphatic rings. The van der Waals surface area contributed by atoms with Crippen LogP contribution in [-0.2, 0) is 40.6 Å². The fourth-order valence-corrected chi connectivity index (χ4v) is 3.81.